The van der Waals surface area contributed by atoms with Crippen molar-refractivity contribution in [2.45, 2.75) is 25.7 Å². The van der Waals surface area contributed by atoms with Gasteiger partial charge in [0.15, 0.2) is 5.78 Å². The van der Waals surface area contributed by atoms with Crippen molar-refractivity contribution in [2.24, 2.45) is 0 Å². The highest BCUT2D eigenvalue weighted by Crippen LogP contribution is 2.28. The number of alkyl halides is 3. The number of hydrogen-bond acceptors (Lipinski definition) is 2. The topological polar surface area (TPSA) is 54.4 Å². The van der Waals surface area contributed by atoms with E-state index in [1.165, 1.54) is 18.2 Å². The molecule has 0 heterocycles. The second-order valence-electron chi connectivity index (χ2n) is 5.87. The average Bonchev–Trinajstić information content (AvgIpc) is 2.54. The highest BCUT2D eigenvalue weighted by molar-refractivity contribution is 6.27. The zero-order valence-electron chi connectivity index (χ0n) is 13.6. The third kappa shape index (κ3) is 4.86. The zero-order valence-corrected chi connectivity index (χ0v) is 14.3. The molecule has 1 N–H and O–H groups in total. The third-order valence-electron chi connectivity index (χ3n) is 3.82. The van der Waals surface area contributed by atoms with E-state index < -0.39 is 11.9 Å². The van der Waals surface area contributed by atoms with Crippen molar-refractivity contribution in [2.75, 3.05) is 5.88 Å². The molecule has 0 bridgehead atoms. The minimum absolute atomic E-state index is 0.0228. The summed E-state index contributed by atoms with van der Waals surface area (Å²) in [7, 11) is 0. The summed E-state index contributed by atoms with van der Waals surface area (Å²) in [4.78, 5) is 23.2. The van der Waals surface area contributed by atoms with E-state index in [1.807, 2.05) is 0 Å². The number of aromatic carboxylic acids is 1. The molecule has 0 amide bonds. The normalized spacial score (nSPS) is 11.4. The number of carbonyl (C=O) groups is 2. The van der Waals surface area contributed by atoms with Crippen molar-refractivity contribution in [1.82, 2.24) is 0 Å². The van der Waals surface area contributed by atoms with E-state index in [0.29, 0.717) is 16.7 Å². The van der Waals surface area contributed by atoms with Crippen LogP contribution in [0.1, 0.15) is 39.5 Å². The monoisotopic (exact) mass is 366 g/mol. The summed E-state index contributed by atoms with van der Waals surface area (Å²) in [6.45, 7) is 0.813. The molecular weight excluding hydrogens is 350 g/mol. The predicted molar refractivity (Wildman–Crippen MR) is 91.6 cm³/mol. The molecule has 2 rings (SSSR count). The molecule has 132 valence electrons. The van der Waals surface area contributed by atoms with Crippen molar-refractivity contribution in [3.63, 3.8) is 0 Å². The van der Waals surface area contributed by atoms with E-state index in [1.54, 1.807) is 24.3 Å². The van der Waals surface area contributed by atoms with Crippen molar-refractivity contribution < 1.29 is 23.5 Å². The number of carboxylic acids is 1. The Labute approximate surface area is 149 Å². The van der Waals surface area contributed by atoms with Gasteiger partial charge in [-0.25, -0.2) is 13.6 Å². The van der Waals surface area contributed by atoms with Crippen LogP contribution in [0.3, 0.4) is 0 Å². The summed E-state index contributed by atoms with van der Waals surface area (Å²) in [5.74, 6) is -4.61. The Hall–Kier alpha value is -2.27. The lowest BCUT2D eigenvalue weighted by atomic mass is 9.92. The molecule has 0 saturated carbocycles. The second-order valence-corrected chi connectivity index (χ2v) is 6.14. The van der Waals surface area contributed by atoms with E-state index in [2.05, 4.69) is 0 Å². The van der Waals surface area contributed by atoms with Gasteiger partial charge >= 0.3 is 5.97 Å². The number of Topliss-reactive ketones (excluding diaryl/α,β-unsaturated/α-hetero) is 1. The Morgan fingerprint density at radius 2 is 1.76 bits per heavy atom. The molecule has 0 fully saturated rings. The molecule has 25 heavy (non-hydrogen) atoms. The fourth-order valence-corrected chi connectivity index (χ4v) is 2.75. The first-order valence-electron chi connectivity index (χ1n) is 7.61. The van der Waals surface area contributed by atoms with Gasteiger partial charge in [-0.05, 0) is 29.2 Å². The van der Waals surface area contributed by atoms with Crippen LogP contribution in [0.25, 0.3) is 0 Å². The van der Waals surface area contributed by atoms with Gasteiger partial charge < -0.3 is 5.11 Å². The summed E-state index contributed by atoms with van der Waals surface area (Å²) >= 11 is 5.50. The smallest absolute Gasteiger partial charge is 0.336 e. The molecular formula is C19H17ClF2O3. The van der Waals surface area contributed by atoms with E-state index in [-0.39, 0.29) is 35.6 Å². The van der Waals surface area contributed by atoms with Gasteiger partial charge in [-0.1, -0.05) is 36.4 Å². The first-order chi connectivity index (χ1) is 11.7. The molecule has 0 radical (unpaired) electrons. The minimum Gasteiger partial charge on any atom is -0.478 e. The van der Waals surface area contributed by atoms with Crippen LogP contribution in [0.15, 0.2) is 42.5 Å². The maximum atomic E-state index is 13.5. The van der Waals surface area contributed by atoms with Gasteiger partial charge in [0.25, 0.3) is 5.92 Å². The van der Waals surface area contributed by atoms with Gasteiger partial charge in [-0.15, -0.1) is 11.6 Å². The summed E-state index contributed by atoms with van der Waals surface area (Å²) < 4.78 is 27.0. The van der Waals surface area contributed by atoms with E-state index in [4.69, 9.17) is 11.6 Å². The standard InChI is InChI=1S/C19H17ClF2O3/c1-19(21,22)15-7-2-4-12(9-15)8-13-5-3-6-14(10-16(23)11-20)17(13)18(24)25/h2-7,9H,8,10-11H2,1H3,(H,24,25). The van der Waals surface area contributed by atoms with Crippen LogP contribution in [0.2, 0.25) is 0 Å². The Morgan fingerprint density at radius 3 is 2.36 bits per heavy atom. The van der Waals surface area contributed by atoms with Crippen LogP contribution in [0, 0.1) is 0 Å². The Morgan fingerprint density at radius 1 is 1.12 bits per heavy atom. The summed E-state index contributed by atoms with van der Waals surface area (Å²) in [6, 6.07) is 10.7. The molecule has 0 saturated heterocycles. The van der Waals surface area contributed by atoms with Gasteiger partial charge in [0, 0.05) is 18.9 Å². The van der Waals surface area contributed by atoms with Crippen molar-refractivity contribution >= 4 is 23.4 Å². The summed E-state index contributed by atoms with van der Waals surface area (Å²) in [5, 5.41) is 9.53. The van der Waals surface area contributed by atoms with Crippen LogP contribution in [-0.2, 0) is 23.6 Å². The first kappa shape index (κ1) is 19.1. The predicted octanol–water partition coefficient (Wildman–Crippen LogP) is 4.44. The fraction of sp³-hybridized carbons (Fsp3) is 0.263. The number of benzene rings is 2. The van der Waals surface area contributed by atoms with Crippen molar-refractivity contribution in [3.8, 4) is 0 Å². The minimum atomic E-state index is -2.97. The Bertz CT molecular complexity index is 797. The van der Waals surface area contributed by atoms with E-state index >= 15 is 0 Å². The van der Waals surface area contributed by atoms with Crippen LogP contribution in [0.4, 0.5) is 8.78 Å². The Kier molecular flexibility index (Phi) is 5.90. The largest absolute Gasteiger partial charge is 0.478 e. The zero-order chi connectivity index (χ0) is 18.6. The molecule has 0 atom stereocenters. The van der Waals surface area contributed by atoms with E-state index in [0.717, 1.165) is 6.92 Å². The van der Waals surface area contributed by atoms with E-state index in [9.17, 15) is 23.5 Å². The number of rotatable bonds is 7. The van der Waals surface area contributed by atoms with Crippen LogP contribution < -0.4 is 0 Å². The van der Waals surface area contributed by atoms with Crippen LogP contribution in [-0.4, -0.2) is 22.7 Å². The maximum Gasteiger partial charge on any atom is 0.336 e. The average molecular weight is 367 g/mol. The summed E-state index contributed by atoms with van der Waals surface area (Å²) in [5.41, 5.74) is 1.30. The van der Waals surface area contributed by atoms with Gasteiger partial charge in [0.1, 0.15) is 0 Å². The second kappa shape index (κ2) is 7.74. The highest BCUT2D eigenvalue weighted by atomic mass is 35.5. The number of carboxylic acid groups (broad SMARTS) is 1. The fourth-order valence-electron chi connectivity index (χ4n) is 2.66. The maximum absolute atomic E-state index is 13.5. The molecule has 0 aliphatic rings. The highest BCUT2D eigenvalue weighted by Gasteiger charge is 2.24. The molecule has 0 aliphatic heterocycles. The molecule has 0 aromatic heterocycles. The third-order valence-corrected chi connectivity index (χ3v) is 4.11. The number of carbonyl (C=O) groups excluding carboxylic acids is 1. The molecule has 0 unspecified atom stereocenters. The number of halogens is 3. The molecule has 0 spiro atoms. The molecule has 2 aromatic rings. The summed E-state index contributed by atoms with van der Waals surface area (Å²) in [6.07, 6.45) is 0.0977. The molecule has 6 heteroatoms. The molecule has 2 aromatic carbocycles. The van der Waals surface area contributed by atoms with Crippen LogP contribution >= 0.6 is 11.6 Å². The van der Waals surface area contributed by atoms with Gasteiger partial charge in [0.2, 0.25) is 0 Å². The van der Waals surface area contributed by atoms with Crippen LogP contribution in [0.5, 0.6) is 0 Å². The van der Waals surface area contributed by atoms with Gasteiger partial charge in [0.05, 0.1) is 11.4 Å². The SMILES string of the molecule is CC(F)(F)c1cccc(Cc2cccc(CC(=O)CCl)c2C(=O)O)c1. The number of hydrogen-bond donors (Lipinski definition) is 1. The number of ketones is 1. The molecule has 3 nitrogen and oxygen atoms in total. The lowest BCUT2D eigenvalue weighted by molar-refractivity contribution is -0.116. The lowest BCUT2D eigenvalue weighted by Gasteiger charge is -2.14. The lowest BCUT2D eigenvalue weighted by Crippen LogP contribution is -2.13. The quantitative estimate of drug-likeness (QED) is 0.737. The Balaban J connectivity index is 2.41. The van der Waals surface area contributed by atoms with Gasteiger partial charge in [-0.2, -0.15) is 0 Å². The first-order valence-corrected chi connectivity index (χ1v) is 8.14. The van der Waals surface area contributed by atoms with Crippen molar-refractivity contribution in [3.05, 3.63) is 70.3 Å². The molecule has 0 aliphatic carbocycles. The van der Waals surface area contributed by atoms with Crippen molar-refractivity contribution in [1.29, 1.82) is 0 Å². The van der Waals surface area contributed by atoms with Gasteiger partial charge in [-0.3, -0.25) is 4.79 Å².